The van der Waals surface area contributed by atoms with Gasteiger partial charge in [0.1, 0.15) is 17.3 Å². The van der Waals surface area contributed by atoms with Gasteiger partial charge in [-0.05, 0) is 48.6 Å². The number of benzene rings is 3. The normalized spacial score (nSPS) is 10.9. The summed E-state index contributed by atoms with van der Waals surface area (Å²) in [7, 11) is 5.21. The van der Waals surface area contributed by atoms with Gasteiger partial charge in [-0.15, -0.1) is 0 Å². The molecule has 0 spiro atoms. The third kappa shape index (κ3) is 4.92. The van der Waals surface area contributed by atoms with Crippen molar-refractivity contribution in [2.45, 2.75) is 0 Å². The van der Waals surface area contributed by atoms with E-state index in [9.17, 15) is 0 Å². The van der Waals surface area contributed by atoms with Crippen LogP contribution in [0.5, 0.6) is 11.5 Å². The molecule has 0 radical (unpaired) electrons. The maximum Gasteiger partial charge on any atom is 0.199 e. The van der Waals surface area contributed by atoms with E-state index in [1.807, 2.05) is 90.8 Å². The van der Waals surface area contributed by atoms with Gasteiger partial charge in [-0.2, -0.15) is 0 Å². The van der Waals surface area contributed by atoms with Crippen LogP contribution in [-0.2, 0) is 0 Å². The number of para-hydroxylation sites is 4. The van der Waals surface area contributed by atoms with Crippen LogP contribution in [0.25, 0.3) is 0 Å². The summed E-state index contributed by atoms with van der Waals surface area (Å²) in [5.74, 6) is 2.08. The molecule has 6 heteroatoms. The van der Waals surface area contributed by atoms with E-state index >= 15 is 0 Å². The van der Waals surface area contributed by atoms with Gasteiger partial charge >= 0.3 is 0 Å². The quantitative estimate of drug-likeness (QED) is 0.368. The molecule has 0 saturated carbocycles. The average molecular weight is 406 g/mol. The molecule has 148 valence electrons. The van der Waals surface area contributed by atoms with E-state index in [4.69, 9.17) is 26.7 Å². The van der Waals surface area contributed by atoms with Crippen molar-refractivity contribution in [1.82, 2.24) is 0 Å². The average Bonchev–Trinajstić information content (AvgIpc) is 2.77. The molecule has 0 aliphatic heterocycles. The highest BCUT2D eigenvalue weighted by atomic mass is 32.1. The van der Waals surface area contributed by atoms with Crippen molar-refractivity contribution in [2.24, 2.45) is 4.99 Å². The molecule has 1 N–H and O–H groups in total. The number of ether oxygens (including phenoxy) is 2. The number of anilines is 2. The van der Waals surface area contributed by atoms with E-state index in [0.29, 0.717) is 16.7 Å². The molecule has 3 aromatic rings. The molecule has 0 heterocycles. The summed E-state index contributed by atoms with van der Waals surface area (Å²) in [5, 5.41) is 3.51. The number of hydrogen-bond acceptors (Lipinski definition) is 3. The van der Waals surface area contributed by atoms with Crippen LogP contribution in [-0.4, -0.2) is 32.2 Å². The molecule has 0 atom stereocenters. The maximum absolute atomic E-state index is 5.57. The number of nitrogens with zero attached hydrogens (tertiary/aromatic N) is 2. The fraction of sp³-hybridized carbons (Fsp3) is 0.130. The lowest BCUT2D eigenvalue weighted by Gasteiger charge is -2.25. The number of methoxy groups -OCH3 is 2. The highest BCUT2D eigenvalue weighted by Gasteiger charge is 2.19. The Morgan fingerprint density at radius 1 is 0.828 bits per heavy atom. The van der Waals surface area contributed by atoms with E-state index in [-0.39, 0.29) is 0 Å². The number of nitrogens with one attached hydrogen (secondary N) is 1. The van der Waals surface area contributed by atoms with Crippen molar-refractivity contribution in [1.29, 1.82) is 0 Å². The van der Waals surface area contributed by atoms with Gasteiger partial charge in [0.2, 0.25) is 0 Å². The van der Waals surface area contributed by atoms with Crippen molar-refractivity contribution < 1.29 is 9.47 Å². The second kappa shape index (κ2) is 9.71. The van der Waals surface area contributed by atoms with Gasteiger partial charge in [-0.1, -0.05) is 42.5 Å². The summed E-state index contributed by atoms with van der Waals surface area (Å²) in [6.45, 7) is 0. The number of amidine groups is 1. The first-order chi connectivity index (χ1) is 14.1. The van der Waals surface area contributed by atoms with Crippen molar-refractivity contribution >= 4 is 34.5 Å². The Hall–Kier alpha value is -3.38. The van der Waals surface area contributed by atoms with Crippen LogP contribution in [0.3, 0.4) is 0 Å². The highest BCUT2D eigenvalue weighted by molar-refractivity contribution is 7.80. The SMILES string of the molecule is COc1ccccc1/C(=N/C(=S)Nc1ccccc1)N(C)c1ccccc1OC. The standard InChI is InChI=1S/C23H23N3O2S/c1-26(19-14-8-10-16-21(19)28-3)22(18-13-7-9-15-20(18)27-2)25-23(29)24-17-11-5-4-6-12-17/h4-16H,1-3H3,(H,24,29)/b25-22-. The van der Waals surface area contributed by atoms with Crippen LogP contribution in [0.1, 0.15) is 5.56 Å². The van der Waals surface area contributed by atoms with E-state index in [2.05, 4.69) is 5.32 Å². The minimum absolute atomic E-state index is 0.346. The molecule has 0 fully saturated rings. The summed E-state index contributed by atoms with van der Waals surface area (Å²) in [5.41, 5.74) is 2.56. The van der Waals surface area contributed by atoms with Crippen LogP contribution in [0, 0.1) is 0 Å². The Morgan fingerprint density at radius 3 is 2.10 bits per heavy atom. The molecule has 0 bridgehead atoms. The summed E-state index contributed by atoms with van der Waals surface area (Å²) < 4.78 is 11.1. The predicted molar refractivity (Wildman–Crippen MR) is 124 cm³/mol. The number of hydrogen-bond donors (Lipinski definition) is 1. The van der Waals surface area contributed by atoms with E-state index in [0.717, 1.165) is 22.7 Å². The Morgan fingerprint density at radius 2 is 1.41 bits per heavy atom. The molecule has 3 aromatic carbocycles. The van der Waals surface area contributed by atoms with Gasteiger partial charge in [0.05, 0.1) is 25.5 Å². The summed E-state index contributed by atoms with van der Waals surface area (Å²) in [4.78, 5) is 6.67. The van der Waals surface area contributed by atoms with E-state index < -0.39 is 0 Å². The van der Waals surface area contributed by atoms with Gasteiger partial charge in [0.15, 0.2) is 5.11 Å². The topological polar surface area (TPSA) is 46.1 Å². The first-order valence-electron chi connectivity index (χ1n) is 9.09. The Kier molecular flexibility index (Phi) is 6.81. The third-order valence-electron chi connectivity index (χ3n) is 4.34. The molecule has 0 aromatic heterocycles. The second-order valence-corrected chi connectivity index (χ2v) is 6.55. The van der Waals surface area contributed by atoms with Crippen molar-refractivity contribution in [2.75, 3.05) is 31.5 Å². The van der Waals surface area contributed by atoms with Crippen LogP contribution >= 0.6 is 12.2 Å². The maximum atomic E-state index is 5.57. The molecule has 5 nitrogen and oxygen atoms in total. The Bertz CT molecular complexity index is 1010. The lowest BCUT2D eigenvalue weighted by molar-refractivity contribution is 0.413. The first-order valence-corrected chi connectivity index (χ1v) is 9.49. The van der Waals surface area contributed by atoms with E-state index in [1.54, 1.807) is 14.2 Å². The highest BCUT2D eigenvalue weighted by Crippen LogP contribution is 2.30. The van der Waals surface area contributed by atoms with Crippen LogP contribution in [0.2, 0.25) is 0 Å². The van der Waals surface area contributed by atoms with Gasteiger partial charge in [0.25, 0.3) is 0 Å². The molecular weight excluding hydrogens is 382 g/mol. The van der Waals surface area contributed by atoms with Gasteiger partial charge in [-0.25, -0.2) is 4.99 Å². The molecule has 3 rings (SSSR count). The minimum atomic E-state index is 0.346. The summed E-state index contributed by atoms with van der Waals surface area (Å²) >= 11 is 5.52. The smallest absolute Gasteiger partial charge is 0.199 e. The third-order valence-corrected chi connectivity index (χ3v) is 4.54. The number of rotatable bonds is 5. The summed E-state index contributed by atoms with van der Waals surface area (Å²) in [6, 6.07) is 25.2. The fourth-order valence-corrected chi connectivity index (χ4v) is 3.14. The van der Waals surface area contributed by atoms with Gasteiger partial charge < -0.3 is 19.7 Å². The Balaban J connectivity index is 2.05. The molecule has 29 heavy (non-hydrogen) atoms. The monoisotopic (exact) mass is 405 g/mol. The van der Waals surface area contributed by atoms with Crippen molar-refractivity contribution in [3.8, 4) is 11.5 Å². The molecule has 0 aliphatic carbocycles. The molecular formula is C23H23N3O2S. The minimum Gasteiger partial charge on any atom is -0.496 e. The fourth-order valence-electron chi connectivity index (χ4n) is 2.94. The zero-order valence-corrected chi connectivity index (χ0v) is 17.4. The van der Waals surface area contributed by atoms with Crippen LogP contribution < -0.4 is 19.7 Å². The lowest BCUT2D eigenvalue weighted by Crippen LogP contribution is -2.30. The molecule has 0 saturated heterocycles. The number of thiocarbonyl (C=S) groups is 1. The van der Waals surface area contributed by atoms with Crippen LogP contribution in [0.4, 0.5) is 11.4 Å². The van der Waals surface area contributed by atoms with Crippen molar-refractivity contribution in [3.05, 3.63) is 84.4 Å². The van der Waals surface area contributed by atoms with Gasteiger partial charge in [0, 0.05) is 12.7 Å². The van der Waals surface area contributed by atoms with E-state index in [1.165, 1.54) is 0 Å². The number of aliphatic imine (C=N–C) groups is 1. The zero-order valence-electron chi connectivity index (χ0n) is 16.6. The Labute approximate surface area is 176 Å². The largest absolute Gasteiger partial charge is 0.496 e. The first kappa shape index (κ1) is 20.4. The predicted octanol–water partition coefficient (Wildman–Crippen LogP) is 4.98. The lowest BCUT2D eigenvalue weighted by atomic mass is 10.1. The van der Waals surface area contributed by atoms with Gasteiger partial charge in [-0.3, -0.25) is 0 Å². The summed E-state index contributed by atoms with van der Waals surface area (Å²) in [6.07, 6.45) is 0. The van der Waals surface area contributed by atoms with Crippen molar-refractivity contribution in [3.63, 3.8) is 0 Å². The second-order valence-electron chi connectivity index (χ2n) is 6.16. The molecule has 0 amide bonds. The van der Waals surface area contributed by atoms with Crippen LogP contribution in [0.15, 0.2) is 83.9 Å². The zero-order chi connectivity index (χ0) is 20.6. The molecule has 0 unspecified atom stereocenters. The molecule has 0 aliphatic rings.